The van der Waals surface area contributed by atoms with Crippen molar-refractivity contribution < 1.29 is 4.39 Å². The monoisotopic (exact) mass is 230 g/mol. The number of alkyl halides is 1. The van der Waals surface area contributed by atoms with Gasteiger partial charge in [-0.15, -0.1) is 0 Å². The van der Waals surface area contributed by atoms with Crippen molar-refractivity contribution in [1.82, 2.24) is 0 Å². The Morgan fingerprint density at radius 2 is 1.83 bits per heavy atom. The van der Waals surface area contributed by atoms with Gasteiger partial charge in [-0.1, -0.05) is 35.0 Å². The summed E-state index contributed by atoms with van der Waals surface area (Å²) in [5, 5.41) is 0. The molecule has 0 N–H and O–H groups in total. The van der Waals surface area contributed by atoms with Gasteiger partial charge in [0.1, 0.15) is 5.67 Å². The van der Waals surface area contributed by atoms with E-state index in [-0.39, 0.29) is 0 Å². The summed E-state index contributed by atoms with van der Waals surface area (Å²) in [6.07, 6.45) is 0.509. The zero-order valence-corrected chi connectivity index (χ0v) is 8.86. The van der Waals surface area contributed by atoms with Crippen LogP contribution in [0, 0.1) is 0 Å². The van der Waals surface area contributed by atoms with E-state index in [9.17, 15) is 4.39 Å². The van der Waals surface area contributed by atoms with E-state index in [4.69, 9.17) is 0 Å². The van der Waals surface area contributed by atoms with Crippen LogP contribution in [0.1, 0.15) is 25.8 Å². The van der Waals surface area contributed by atoms with Crippen molar-refractivity contribution in [3.63, 3.8) is 0 Å². The highest BCUT2D eigenvalue weighted by Gasteiger charge is 2.22. The third-order valence-electron chi connectivity index (χ3n) is 2.11. The maximum Gasteiger partial charge on any atom is 0.133 e. The predicted molar refractivity (Wildman–Crippen MR) is 52.9 cm³/mol. The Kier molecular flexibility index (Phi) is 2.89. The topological polar surface area (TPSA) is 0 Å². The fourth-order valence-corrected chi connectivity index (χ4v) is 1.27. The molecule has 0 nitrogen and oxygen atoms in total. The molecule has 66 valence electrons. The summed E-state index contributed by atoms with van der Waals surface area (Å²) in [7, 11) is 0. The van der Waals surface area contributed by atoms with Gasteiger partial charge in [0, 0.05) is 4.47 Å². The molecule has 0 heterocycles. The van der Waals surface area contributed by atoms with Gasteiger partial charge in [0.15, 0.2) is 0 Å². The van der Waals surface area contributed by atoms with Gasteiger partial charge in [-0.05, 0) is 31.0 Å². The van der Waals surface area contributed by atoms with Crippen LogP contribution in [0.3, 0.4) is 0 Å². The van der Waals surface area contributed by atoms with Crippen molar-refractivity contribution in [2.24, 2.45) is 0 Å². The molecule has 1 atom stereocenters. The molecule has 1 aromatic carbocycles. The summed E-state index contributed by atoms with van der Waals surface area (Å²) < 4.78 is 14.7. The Balaban J connectivity index is 2.96. The third kappa shape index (κ3) is 2.07. The highest BCUT2D eigenvalue weighted by atomic mass is 79.9. The van der Waals surface area contributed by atoms with Gasteiger partial charge < -0.3 is 0 Å². The second kappa shape index (κ2) is 3.56. The fraction of sp³-hybridized carbons (Fsp3) is 0.400. The Morgan fingerprint density at radius 1 is 1.33 bits per heavy atom. The standard InChI is InChI=1S/C10H12BrF/c1-3-10(2,12)8-4-6-9(11)7-5-8/h4-7H,3H2,1-2H3. The molecular weight excluding hydrogens is 219 g/mol. The fourth-order valence-electron chi connectivity index (χ4n) is 1.00. The summed E-state index contributed by atoms with van der Waals surface area (Å²) >= 11 is 3.31. The minimum absolute atomic E-state index is 0.509. The molecule has 1 unspecified atom stereocenters. The molecule has 1 aromatic rings. The van der Waals surface area contributed by atoms with Crippen LogP contribution in [0.5, 0.6) is 0 Å². The molecular formula is C10H12BrF. The number of halogens is 2. The van der Waals surface area contributed by atoms with Crippen molar-refractivity contribution in [1.29, 1.82) is 0 Å². The molecule has 0 aliphatic carbocycles. The molecule has 0 radical (unpaired) electrons. The second-order valence-electron chi connectivity index (χ2n) is 3.06. The van der Waals surface area contributed by atoms with Crippen LogP contribution in [0.25, 0.3) is 0 Å². The first-order valence-electron chi connectivity index (χ1n) is 4.01. The van der Waals surface area contributed by atoms with E-state index in [0.717, 1.165) is 10.0 Å². The van der Waals surface area contributed by atoms with Crippen molar-refractivity contribution in [2.45, 2.75) is 25.9 Å². The second-order valence-corrected chi connectivity index (χ2v) is 3.97. The van der Waals surface area contributed by atoms with E-state index in [1.165, 1.54) is 0 Å². The lowest BCUT2D eigenvalue weighted by molar-refractivity contribution is 0.185. The summed E-state index contributed by atoms with van der Waals surface area (Å²) in [5.74, 6) is 0. The van der Waals surface area contributed by atoms with Crippen molar-refractivity contribution in [3.8, 4) is 0 Å². The molecule has 0 aliphatic rings. The highest BCUT2D eigenvalue weighted by Crippen LogP contribution is 2.29. The van der Waals surface area contributed by atoms with E-state index in [1.54, 1.807) is 6.92 Å². The highest BCUT2D eigenvalue weighted by molar-refractivity contribution is 9.10. The zero-order chi connectivity index (χ0) is 9.19. The SMILES string of the molecule is CCC(C)(F)c1ccc(Br)cc1. The van der Waals surface area contributed by atoms with E-state index in [2.05, 4.69) is 15.9 Å². The van der Waals surface area contributed by atoms with Gasteiger partial charge >= 0.3 is 0 Å². The van der Waals surface area contributed by atoms with Crippen LogP contribution >= 0.6 is 15.9 Å². The lowest BCUT2D eigenvalue weighted by Gasteiger charge is -2.18. The van der Waals surface area contributed by atoms with Crippen molar-refractivity contribution in [3.05, 3.63) is 34.3 Å². The van der Waals surface area contributed by atoms with Crippen molar-refractivity contribution >= 4 is 15.9 Å². The first-order valence-corrected chi connectivity index (χ1v) is 4.80. The number of hydrogen-bond donors (Lipinski definition) is 0. The van der Waals surface area contributed by atoms with Gasteiger partial charge in [0.2, 0.25) is 0 Å². The first-order chi connectivity index (χ1) is 5.56. The molecule has 0 saturated carbocycles. The number of rotatable bonds is 2. The van der Waals surface area contributed by atoms with E-state index < -0.39 is 5.67 Å². The van der Waals surface area contributed by atoms with Crippen molar-refractivity contribution in [2.75, 3.05) is 0 Å². The third-order valence-corrected chi connectivity index (χ3v) is 2.64. The average molecular weight is 231 g/mol. The maximum atomic E-state index is 13.7. The molecule has 0 spiro atoms. The first kappa shape index (κ1) is 9.72. The van der Waals surface area contributed by atoms with Crippen LogP contribution in [0.15, 0.2) is 28.7 Å². The smallest absolute Gasteiger partial charge is 0.133 e. The van der Waals surface area contributed by atoms with Crippen LogP contribution < -0.4 is 0 Å². The zero-order valence-electron chi connectivity index (χ0n) is 7.27. The predicted octanol–water partition coefficient (Wildman–Crippen LogP) is 4.04. The molecule has 2 heteroatoms. The van der Waals surface area contributed by atoms with Gasteiger partial charge in [0.25, 0.3) is 0 Å². The van der Waals surface area contributed by atoms with Gasteiger partial charge in [0.05, 0.1) is 0 Å². The summed E-state index contributed by atoms with van der Waals surface area (Å²) in [5.41, 5.74) is -0.450. The minimum Gasteiger partial charge on any atom is -0.239 e. The molecule has 0 aliphatic heterocycles. The number of hydrogen-bond acceptors (Lipinski definition) is 0. The van der Waals surface area contributed by atoms with Crippen LogP contribution in [-0.4, -0.2) is 0 Å². The Hall–Kier alpha value is -0.370. The summed E-state index contributed by atoms with van der Waals surface area (Å²) in [6, 6.07) is 7.35. The minimum atomic E-state index is -1.19. The lowest BCUT2D eigenvalue weighted by Crippen LogP contribution is -2.12. The van der Waals surface area contributed by atoms with Crippen LogP contribution in [0.4, 0.5) is 4.39 Å². The van der Waals surface area contributed by atoms with Crippen LogP contribution in [0.2, 0.25) is 0 Å². The van der Waals surface area contributed by atoms with Crippen LogP contribution in [-0.2, 0) is 5.67 Å². The molecule has 0 saturated heterocycles. The Labute approximate surface area is 80.9 Å². The molecule has 0 aromatic heterocycles. The molecule has 12 heavy (non-hydrogen) atoms. The lowest BCUT2D eigenvalue weighted by atomic mass is 9.96. The normalized spacial score (nSPS) is 15.7. The Morgan fingerprint density at radius 3 is 2.25 bits per heavy atom. The molecule has 1 rings (SSSR count). The van der Waals surface area contributed by atoms with E-state index in [0.29, 0.717) is 6.42 Å². The molecule has 0 fully saturated rings. The summed E-state index contributed by atoms with van der Waals surface area (Å²) in [4.78, 5) is 0. The van der Waals surface area contributed by atoms with Gasteiger partial charge in [-0.3, -0.25) is 0 Å². The number of benzene rings is 1. The largest absolute Gasteiger partial charge is 0.239 e. The average Bonchev–Trinajstić information content (AvgIpc) is 2.05. The summed E-state index contributed by atoms with van der Waals surface area (Å²) in [6.45, 7) is 3.46. The van der Waals surface area contributed by atoms with Gasteiger partial charge in [-0.25, -0.2) is 4.39 Å². The Bertz CT molecular complexity index is 251. The maximum absolute atomic E-state index is 13.7. The molecule has 0 bridgehead atoms. The molecule has 0 amide bonds. The van der Waals surface area contributed by atoms with E-state index in [1.807, 2.05) is 31.2 Å². The quantitative estimate of drug-likeness (QED) is 0.720. The van der Waals surface area contributed by atoms with Gasteiger partial charge in [-0.2, -0.15) is 0 Å². The van der Waals surface area contributed by atoms with E-state index >= 15 is 0 Å².